The lowest BCUT2D eigenvalue weighted by Crippen LogP contribution is -2.03. The molecule has 0 unspecified atom stereocenters. The second kappa shape index (κ2) is 5.64. The van der Waals surface area contributed by atoms with Crippen LogP contribution in [0, 0.1) is 0 Å². The zero-order chi connectivity index (χ0) is 13.1. The summed E-state index contributed by atoms with van der Waals surface area (Å²) in [5, 5.41) is 5.55. The minimum absolute atomic E-state index is 0.122. The Kier molecular flexibility index (Phi) is 4.15. The molecule has 2 aromatic rings. The van der Waals surface area contributed by atoms with Crippen LogP contribution in [0.2, 0.25) is 5.28 Å². The zero-order valence-corrected chi connectivity index (χ0v) is 12.3. The summed E-state index contributed by atoms with van der Waals surface area (Å²) in [6.45, 7) is 0. The summed E-state index contributed by atoms with van der Waals surface area (Å²) in [4.78, 5) is 19.4. The molecular formula is C10H7BrClN3O2S. The highest BCUT2D eigenvalue weighted by molar-refractivity contribution is 9.10. The first-order chi connectivity index (χ1) is 8.61. The van der Waals surface area contributed by atoms with Crippen molar-refractivity contribution in [1.29, 1.82) is 0 Å². The summed E-state index contributed by atoms with van der Waals surface area (Å²) in [6.07, 6.45) is 1.53. The van der Waals surface area contributed by atoms with Crippen LogP contribution < -0.4 is 5.32 Å². The number of anilines is 2. The SMILES string of the molecule is COC(=O)c1ccsc1Nc1nc(Cl)ncc1Br. The zero-order valence-electron chi connectivity index (χ0n) is 9.11. The van der Waals surface area contributed by atoms with Gasteiger partial charge < -0.3 is 10.1 Å². The molecule has 0 bridgehead atoms. The fourth-order valence-electron chi connectivity index (χ4n) is 1.22. The van der Waals surface area contributed by atoms with Gasteiger partial charge in [-0.1, -0.05) is 0 Å². The maximum Gasteiger partial charge on any atom is 0.340 e. The number of halogens is 2. The number of carbonyl (C=O) groups is 1. The van der Waals surface area contributed by atoms with Crippen molar-refractivity contribution in [3.8, 4) is 0 Å². The Bertz CT molecular complexity index is 590. The van der Waals surface area contributed by atoms with Crippen molar-refractivity contribution in [2.45, 2.75) is 0 Å². The van der Waals surface area contributed by atoms with Crippen LogP contribution in [0.5, 0.6) is 0 Å². The molecule has 8 heteroatoms. The monoisotopic (exact) mass is 347 g/mol. The number of rotatable bonds is 3. The fourth-order valence-corrected chi connectivity index (χ4v) is 2.42. The van der Waals surface area contributed by atoms with Crippen molar-refractivity contribution in [3.63, 3.8) is 0 Å². The highest BCUT2D eigenvalue weighted by Gasteiger charge is 2.15. The van der Waals surface area contributed by atoms with Crippen LogP contribution >= 0.6 is 38.9 Å². The van der Waals surface area contributed by atoms with E-state index in [4.69, 9.17) is 11.6 Å². The number of methoxy groups -OCH3 is 1. The van der Waals surface area contributed by atoms with Crippen LogP contribution in [0.4, 0.5) is 10.8 Å². The molecule has 0 aliphatic rings. The molecule has 0 saturated carbocycles. The summed E-state index contributed by atoms with van der Waals surface area (Å²) < 4.78 is 5.33. The van der Waals surface area contributed by atoms with Crippen molar-refractivity contribution in [2.75, 3.05) is 12.4 Å². The molecule has 5 nitrogen and oxygen atoms in total. The number of hydrogen-bond acceptors (Lipinski definition) is 6. The van der Waals surface area contributed by atoms with Crippen molar-refractivity contribution < 1.29 is 9.53 Å². The van der Waals surface area contributed by atoms with Gasteiger partial charge in [0.15, 0.2) is 0 Å². The quantitative estimate of drug-likeness (QED) is 0.679. The number of carbonyl (C=O) groups excluding carboxylic acids is 1. The topological polar surface area (TPSA) is 64.1 Å². The van der Waals surface area contributed by atoms with Gasteiger partial charge >= 0.3 is 5.97 Å². The van der Waals surface area contributed by atoms with E-state index in [0.717, 1.165) is 0 Å². The molecule has 2 aromatic heterocycles. The number of esters is 1. The first-order valence-corrected chi connectivity index (χ1v) is 6.77. The van der Waals surface area contributed by atoms with Crippen LogP contribution in [0.25, 0.3) is 0 Å². The second-order valence-corrected chi connectivity index (χ2v) is 5.22. The van der Waals surface area contributed by atoms with Gasteiger partial charge in [0.05, 0.1) is 17.1 Å². The lowest BCUT2D eigenvalue weighted by Gasteiger charge is -2.07. The number of nitrogens with one attached hydrogen (secondary N) is 1. The third-order valence-electron chi connectivity index (χ3n) is 2.02. The summed E-state index contributed by atoms with van der Waals surface area (Å²) in [5.74, 6) is 0.0811. The molecule has 2 rings (SSSR count). The summed E-state index contributed by atoms with van der Waals surface area (Å²) >= 11 is 10.4. The maximum absolute atomic E-state index is 11.5. The van der Waals surface area contributed by atoms with Gasteiger partial charge in [-0.2, -0.15) is 4.98 Å². The molecule has 0 atom stereocenters. The molecule has 0 saturated heterocycles. The lowest BCUT2D eigenvalue weighted by molar-refractivity contribution is 0.0602. The Balaban J connectivity index is 2.32. The van der Waals surface area contributed by atoms with Crippen LogP contribution in [-0.4, -0.2) is 23.0 Å². The predicted molar refractivity (Wildman–Crippen MR) is 73.7 cm³/mol. The molecule has 0 aliphatic heterocycles. The van der Waals surface area contributed by atoms with Crippen LogP contribution in [0.1, 0.15) is 10.4 Å². The lowest BCUT2D eigenvalue weighted by atomic mass is 10.3. The van der Waals surface area contributed by atoms with E-state index >= 15 is 0 Å². The van der Waals surface area contributed by atoms with Gasteiger partial charge in [0.2, 0.25) is 5.28 Å². The fraction of sp³-hybridized carbons (Fsp3) is 0.100. The molecule has 2 heterocycles. The molecule has 0 radical (unpaired) electrons. The Morgan fingerprint density at radius 3 is 3.11 bits per heavy atom. The van der Waals surface area contributed by atoms with Crippen molar-refractivity contribution in [3.05, 3.63) is 33.0 Å². The normalized spacial score (nSPS) is 10.2. The first kappa shape index (κ1) is 13.3. The van der Waals surface area contributed by atoms with Gasteiger partial charge in [-0.3, -0.25) is 0 Å². The van der Waals surface area contributed by atoms with Crippen molar-refractivity contribution in [2.24, 2.45) is 0 Å². The Morgan fingerprint density at radius 1 is 1.61 bits per heavy atom. The third kappa shape index (κ3) is 2.80. The van der Waals surface area contributed by atoms with E-state index in [9.17, 15) is 4.79 Å². The van der Waals surface area contributed by atoms with E-state index < -0.39 is 5.97 Å². The number of thiophene rings is 1. The average molecular weight is 349 g/mol. The summed E-state index contributed by atoms with van der Waals surface area (Å²) in [7, 11) is 1.33. The minimum Gasteiger partial charge on any atom is -0.465 e. The van der Waals surface area contributed by atoms with Gasteiger partial charge in [-0.05, 0) is 39.0 Å². The predicted octanol–water partition coefficient (Wildman–Crippen LogP) is 3.48. The van der Waals surface area contributed by atoms with Crippen LogP contribution in [0.3, 0.4) is 0 Å². The van der Waals surface area contributed by atoms with E-state index in [1.807, 2.05) is 0 Å². The number of ether oxygens (including phenoxy) is 1. The van der Waals surface area contributed by atoms with Gasteiger partial charge in [0.25, 0.3) is 0 Å². The van der Waals surface area contributed by atoms with Crippen molar-refractivity contribution in [1.82, 2.24) is 9.97 Å². The Morgan fingerprint density at radius 2 is 2.39 bits per heavy atom. The Hall–Kier alpha value is -1.18. The first-order valence-electron chi connectivity index (χ1n) is 4.72. The number of hydrogen-bond donors (Lipinski definition) is 1. The van der Waals surface area contributed by atoms with E-state index in [0.29, 0.717) is 20.9 Å². The summed E-state index contributed by atoms with van der Waals surface area (Å²) in [6, 6.07) is 1.68. The van der Waals surface area contributed by atoms with E-state index in [1.54, 1.807) is 11.4 Å². The van der Waals surface area contributed by atoms with E-state index in [1.165, 1.54) is 24.6 Å². The Labute approximate surface area is 120 Å². The standard InChI is InChI=1S/C10H7BrClN3O2S/c1-17-9(16)5-2-3-18-8(5)14-7-6(11)4-13-10(12)15-7/h2-4H,1H3,(H,13,14,15). The van der Waals surface area contributed by atoms with Crippen LogP contribution in [-0.2, 0) is 4.74 Å². The van der Waals surface area contributed by atoms with Gasteiger partial charge in [0.1, 0.15) is 10.8 Å². The third-order valence-corrected chi connectivity index (χ3v) is 3.61. The largest absolute Gasteiger partial charge is 0.465 e. The molecular weight excluding hydrogens is 342 g/mol. The molecule has 18 heavy (non-hydrogen) atoms. The smallest absolute Gasteiger partial charge is 0.340 e. The van der Waals surface area contributed by atoms with E-state index in [2.05, 4.69) is 36.0 Å². The molecule has 94 valence electrons. The van der Waals surface area contributed by atoms with Gasteiger partial charge in [-0.15, -0.1) is 11.3 Å². The molecule has 0 fully saturated rings. The van der Waals surface area contributed by atoms with E-state index in [-0.39, 0.29) is 5.28 Å². The minimum atomic E-state index is -0.407. The second-order valence-electron chi connectivity index (χ2n) is 3.12. The summed E-state index contributed by atoms with van der Waals surface area (Å²) in [5.41, 5.74) is 0.448. The molecule has 1 N–H and O–H groups in total. The van der Waals surface area contributed by atoms with Crippen LogP contribution in [0.15, 0.2) is 22.1 Å². The molecule has 0 aromatic carbocycles. The van der Waals surface area contributed by atoms with Crippen molar-refractivity contribution >= 4 is 55.7 Å². The molecule has 0 spiro atoms. The van der Waals surface area contributed by atoms with Gasteiger partial charge in [0, 0.05) is 6.20 Å². The highest BCUT2D eigenvalue weighted by atomic mass is 79.9. The maximum atomic E-state index is 11.5. The highest BCUT2D eigenvalue weighted by Crippen LogP contribution is 2.30. The number of nitrogens with zero attached hydrogens (tertiary/aromatic N) is 2. The average Bonchev–Trinajstić information content (AvgIpc) is 2.81. The molecule has 0 aliphatic carbocycles. The molecule has 0 amide bonds. The number of aromatic nitrogens is 2. The van der Waals surface area contributed by atoms with Gasteiger partial charge in [-0.25, -0.2) is 9.78 Å².